The summed E-state index contributed by atoms with van der Waals surface area (Å²) < 4.78 is 50.3. The first-order valence-electron chi connectivity index (χ1n) is 6.47. The van der Waals surface area contributed by atoms with Gasteiger partial charge in [-0.1, -0.05) is 24.3 Å². The molecule has 2 aromatic rings. The fourth-order valence-electron chi connectivity index (χ4n) is 2.09. The van der Waals surface area contributed by atoms with E-state index in [1.807, 2.05) is 0 Å². The Bertz CT molecular complexity index is 693. The summed E-state index contributed by atoms with van der Waals surface area (Å²) in [5.74, 6) is -0.617. The minimum Gasteiger partial charge on any atom is -0.495 e. The van der Waals surface area contributed by atoms with Gasteiger partial charge in [0, 0.05) is 5.56 Å². The van der Waals surface area contributed by atoms with E-state index in [0.29, 0.717) is 11.1 Å². The number of methoxy groups -OCH3 is 2. The van der Waals surface area contributed by atoms with Crippen LogP contribution in [-0.4, -0.2) is 26.6 Å². The Kier molecular flexibility index (Phi) is 4.78. The van der Waals surface area contributed by atoms with Gasteiger partial charge >= 0.3 is 12.3 Å². The van der Waals surface area contributed by atoms with Gasteiger partial charge in [0.15, 0.2) is 0 Å². The molecule has 2 aromatic carbocycles. The smallest absolute Gasteiger partial charge is 0.495 e. The maximum atomic E-state index is 12.2. The first-order chi connectivity index (χ1) is 10.9. The van der Waals surface area contributed by atoms with E-state index in [1.165, 1.54) is 44.6 Å². The summed E-state index contributed by atoms with van der Waals surface area (Å²) >= 11 is 0. The second-order valence-corrected chi connectivity index (χ2v) is 4.45. The summed E-state index contributed by atoms with van der Waals surface area (Å²) in [6.45, 7) is 0. The Hall–Kier alpha value is -2.70. The topological polar surface area (TPSA) is 44.8 Å². The molecule has 0 bridgehead atoms. The van der Waals surface area contributed by atoms with Gasteiger partial charge in [-0.25, -0.2) is 4.79 Å². The summed E-state index contributed by atoms with van der Waals surface area (Å²) in [7, 11) is 2.64. The number of halogens is 3. The Morgan fingerprint density at radius 2 is 1.65 bits per heavy atom. The highest BCUT2D eigenvalue weighted by atomic mass is 19.4. The number of hydrogen-bond donors (Lipinski definition) is 0. The zero-order chi connectivity index (χ0) is 17.0. The SMILES string of the molecule is COC(=O)c1cccc(-c2ccc(OC(F)(F)F)cc2)c1OC. The fourth-order valence-corrected chi connectivity index (χ4v) is 2.09. The van der Waals surface area contributed by atoms with E-state index in [2.05, 4.69) is 9.47 Å². The second-order valence-electron chi connectivity index (χ2n) is 4.45. The van der Waals surface area contributed by atoms with Crippen LogP contribution in [0.5, 0.6) is 11.5 Å². The van der Waals surface area contributed by atoms with Crippen LogP contribution in [-0.2, 0) is 4.74 Å². The van der Waals surface area contributed by atoms with Crippen LogP contribution in [0.3, 0.4) is 0 Å². The number of benzene rings is 2. The lowest BCUT2D eigenvalue weighted by Crippen LogP contribution is -2.16. The van der Waals surface area contributed by atoms with Gasteiger partial charge in [0.05, 0.1) is 14.2 Å². The molecule has 0 spiro atoms. The van der Waals surface area contributed by atoms with Crippen molar-refractivity contribution in [2.45, 2.75) is 6.36 Å². The Balaban J connectivity index is 2.40. The normalized spacial score (nSPS) is 11.0. The quantitative estimate of drug-likeness (QED) is 0.795. The maximum absolute atomic E-state index is 12.2. The molecule has 0 aromatic heterocycles. The van der Waals surface area contributed by atoms with Crippen molar-refractivity contribution in [3.05, 3.63) is 48.0 Å². The molecular formula is C16H13F3O4. The van der Waals surface area contributed by atoms with E-state index in [0.717, 1.165) is 0 Å². The molecule has 0 radical (unpaired) electrons. The van der Waals surface area contributed by atoms with Gasteiger partial charge in [0.1, 0.15) is 17.1 Å². The van der Waals surface area contributed by atoms with E-state index < -0.39 is 12.3 Å². The first-order valence-corrected chi connectivity index (χ1v) is 6.47. The molecule has 23 heavy (non-hydrogen) atoms. The number of rotatable bonds is 4. The average Bonchev–Trinajstić information content (AvgIpc) is 2.52. The number of carbonyl (C=O) groups is 1. The van der Waals surface area contributed by atoms with Gasteiger partial charge in [-0.05, 0) is 23.8 Å². The summed E-state index contributed by atoms with van der Waals surface area (Å²) in [4.78, 5) is 11.7. The Labute approximate surface area is 130 Å². The lowest BCUT2D eigenvalue weighted by Gasteiger charge is -2.13. The van der Waals surface area contributed by atoms with Crippen LogP contribution in [0, 0.1) is 0 Å². The number of hydrogen-bond acceptors (Lipinski definition) is 4. The third-order valence-corrected chi connectivity index (χ3v) is 3.02. The van der Waals surface area contributed by atoms with E-state index in [9.17, 15) is 18.0 Å². The predicted octanol–water partition coefficient (Wildman–Crippen LogP) is 4.05. The average molecular weight is 326 g/mol. The molecule has 4 nitrogen and oxygen atoms in total. The lowest BCUT2D eigenvalue weighted by atomic mass is 10.0. The lowest BCUT2D eigenvalue weighted by molar-refractivity contribution is -0.274. The number of esters is 1. The number of alkyl halides is 3. The summed E-state index contributed by atoms with van der Waals surface area (Å²) in [5.41, 5.74) is 1.35. The minimum atomic E-state index is -4.75. The highest BCUT2D eigenvalue weighted by Gasteiger charge is 2.31. The molecule has 7 heteroatoms. The van der Waals surface area contributed by atoms with E-state index in [1.54, 1.807) is 12.1 Å². The fraction of sp³-hybridized carbons (Fsp3) is 0.188. The zero-order valence-corrected chi connectivity index (χ0v) is 12.3. The van der Waals surface area contributed by atoms with Gasteiger partial charge in [-0.3, -0.25) is 0 Å². The standard InChI is InChI=1S/C16H13F3O4/c1-21-14-12(4-3-5-13(14)15(20)22-2)10-6-8-11(9-7-10)23-16(17,18)19/h3-9H,1-2H3. The van der Waals surface area contributed by atoms with Crippen molar-refractivity contribution in [3.8, 4) is 22.6 Å². The van der Waals surface area contributed by atoms with Crippen molar-refractivity contribution in [3.63, 3.8) is 0 Å². The molecule has 122 valence electrons. The van der Waals surface area contributed by atoms with Crippen molar-refractivity contribution in [2.75, 3.05) is 14.2 Å². The Morgan fingerprint density at radius 3 is 2.17 bits per heavy atom. The molecule has 2 rings (SSSR count). The first kappa shape index (κ1) is 16.7. The highest BCUT2D eigenvalue weighted by molar-refractivity contribution is 5.95. The van der Waals surface area contributed by atoms with Crippen molar-refractivity contribution < 1.29 is 32.2 Å². The third-order valence-electron chi connectivity index (χ3n) is 3.02. The number of ether oxygens (including phenoxy) is 3. The van der Waals surface area contributed by atoms with Crippen LogP contribution in [0.15, 0.2) is 42.5 Å². The van der Waals surface area contributed by atoms with E-state index >= 15 is 0 Å². The van der Waals surface area contributed by atoms with Gasteiger partial charge in [0.2, 0.25) is 0 Å². The van der Waals surface area contributed by atoms with Gasteiger partial charge in [0.25, 0.3) is 0 Å². The monoisotopic (exact) mass is 326 g/mol. The van der Waals surface area contributed by atoms with Crippen molar-refractivity contribution in [1.29, 1.82) is 0 Å². The zero-order valence-electron chi connectivity index (χ0n) is 12.3. The van der Waals surface area contributed by atoms with Crippen molar-refractivity contribution in [1.82, 2.24) is 0 Å². The van der Waals surface area contributed by atoms with E-state index in [-0.39, 0.29) is 17.1 Å². The molecule has 0 aliphatic carbocycles. The Morgan fingerprint density at radius 1 is 1.00 bits per heavy atom. The largest absolute Gasteiger partial charge is 0.573 e. The van der Waals surface area contributed by atoms with Crippen LogP contribution >= 0.6 is 0 Å². The molecule has 0 saturated heterocycles. The maximum Gasteiger partial charge on any atom is 0.573 e. The van der Waals surface area contributed by atoms with Crippen molar-refractivity contribution in [2.24, 2.45) is 0 Å². The summed E-state index contributed by atoms with van der Waals surface area (Å²) in [6.07, 6.45) is -4.75. The van der Waals surface area contributed by atoms with E-state index in [4.69, 9.17) is 4.74 Å². The second kappa shape index (κ2) is 6.60. The third kappa shape index (κ3) is 3.94. The molecule has 0 saturated carbocycles. The van der Waals surface area contributed by atoms with Crippen molar-refractivity contribution >= 4 is 5.97 Å². The van der Waals surface area contributed by atoms with Crippen LogP contribution < -0.4 is 9.47 Å². The molecule has 0 N–H and O–H groups in total. The molecule has 0 fully saturated rings. The molecule has 0 aliphatic heterocycles. The summed E-state index contributed by atoms with van der Waals surface area (Å²) in [5, 5.41) is 0. The minimum absolute atomic E-state index is 0.225. The number of carbonyl (C=O) groups excluding carboxylic acids is 1. The molecule has 0 atom stereocenters. The van der Waals surface area contributed by atoms with Crippen LogP contribution in [0.4, 0.5) is 13.2 Å². The molecule has 0 unspecified atom stereocenters. The highest BCUT2D eigenvalue weighted by Crippen LogP contribution is 2.34. The van der Waals surface area contributed by atoms with Crippen LogP contribution in [0.1, 0.15) is 10.4 Å². The van der Waals surface area contributed by atoms with Gasteiger partial charge < -0.3 is 14.2 Å². The summed E-state index contributed by atoms with van der Waals surface area (Å²) in [6, 6.07) is 10.1. The predicted molar refractivity (Wildman–Crippen MR) is 76.5 cm³/mol. The van der Waals surface area contributed by atoms with Gasteiger partial charge in [-0.2, -0.15) is 0 Å². The molecule has 0 aliphatic rings. The van der Waals surface area contributed by atoms with Crippen LogP contribution in [0.2, 0.25) is 0 Å². The molecule has 0 amide bonds. The number of para-hydroxylation sites is 1. The molecular weight excluding hydrogens is 313 g/mol. The van der Waals surface area contributed by atoms with Gasteiger partial charge in [-0.15, -0.1) is 13.2 Å². The molecule has 0 heterocycles. The van der Waals surface area contributed by atoms with Crippen LogP contribution in [0.25, 0.3) is 11.1 Å².